The molecule has 0 heterocycles. The van der Waals surface area contributed by atoms with E-state index in [1.807, 2.05) is 18.2 Å². The van der Waals surface area contributed by atoms with Gasteiger partial charge in [0.2, 0.25) is 11.8 Å². The van der Waals surface area contributed by atoms with Crippen molar-refractivity contribution in [3.05, 3.63) is 70.2 Å². The molecule has 2 aromatic carbocycles. The highest BCUT2D eigenvalue weighted by molar-refractivity contribution is 6.30. The second-order valence-electron chi connectivity index (χ2n) is 4.64. The zero-order valence-electron chi connectivity index (χ0n) is 11.3. The molecule has 108 valence electrons. The summed E-state index contributed by atoms with van der Waals surface area (Å²) in [5.74, 6) is -0.578. The molecule has 0 aromatic heterocycles. The average molecular weight is 303 g/mol. The first kappa shape index (κ1) is 15.1. The van der Waals surface area contributed by atoms with E-state index in [9.17, 15) is 9.59 Å². The van der Waals surface area contributed by atoms with E-state index in [2.05, 4.69) is 5.32 Å². The van der Waals surface area contributed by atoms with Gasteiger partial charge in [0.25, 0.3) is 0 Å². The molecule has 2 aromatic rings. The third-order valence-electron chi connectivity index (χ3n) is 2.98. The lowest BCUT2D eigenvalue weighted by Gasteiger charge is -2.06. The lowest BCUT2D eigenvalue weighted by Crippen LogP contribution is -2.24. The summed E-state index contributed by atoms with van der Waals surface area (Å²) in [7, 11) is 0. The Hall–Kier alpha value is -2.33. The minimum Gasteiger partial charge on any atom is -0.366 e. The number of rotatable bonds is 5. The maximum Gasteiger partial charge on any atom is 0.248 e. The van der Waals surface area contributed by atoms with Gasteiger partial charge in [0, 0.05) is 17.1 Å². The summed E-state index contributed by atoms with van der Waals surface area (Å²) >= 11 is 5.79. The fraction of sp³-hybridized carbons (Fsp3) is 0.125. The lowest BCUT2D eigenvalue weighted by atomic mass is 10.1. The molecule has 0 spiro atoms. The quantitative estimate of drug-likeness (QED) is 0.889. The van der Waals surface area contributed by atoms with E-state index in [0.717, 1.165) is 11.1 Å². The number of carbonyl (C=O) groups is 2. The molecule has 0 bridgehead atoms. The Morgan fingerprint density at radius 3 is 2.43 bits per heavy atom. The van der Waals surface area contributed by atoms with E-state index in [4.69, 9.17) is 17.3 Å². The fourth-order valence-electron chi connectivity index (χ4n) is 1.89. The number of halogens is 1. The summed E-state index contributed by atoms with van der Waals surface area (Å²) in [6.07, 6.45) is 0.284. The van der Waals surface area contributed by atoms with Crippen molar-refractivity contribution in [2.45, 2.75) is 13.0 Å². The first-order valence-corrected chi connectivity index (χ1v) is 6.82. The lowest BCUT2D eigenvalue weighted by molar-refractivity contribution is -0.120. The van der Waals surface area contributed by atoms with Gasteiger partial charge in [-0.25, -0.2) is 0 Å². The molecule has 0 unspecified atom stereocenters. The van der Waals surface area contributed by atoms with Crippen molar-refractivity contribution in [3.63, 3.8) is 0 Å². The van der Waals surface area contributed by atoms with Crippen LogP contribution in [0.25, 0.3) is 0 Å². The molecule has 3 N–H and O–H groups in total. The molecule has 0 aliphatic heterocycles. The number of primary amides is 1. The summed E-state index contributed by atoms with van der Waals surface area (Å²) in [4.78, 5) is 22.9. The Kier molecular flexibility index (Phi) is 4.95. The van der Waals surface area contributed by atoms with Crippen LogP contribution in [0.4, 0.5) is 0 Å². The van der Waals surface area contributed by atoms with E-state index in [1.165, 1.54) is 0 Å². The fourth-order valence-corrected chi connectivity index (χ4v) is 2.01. The van der Waals surface area contributed by atoms with E-state index >= 15 is 0 Å². The third kappa shape index (κ3) is 4.61. The molecule has 0 radical (unpaired) electrons. The number of nitrogens with one attached hydrogen (secondary N) is 1. The van der Waals surface area contributed by atoms with Gasteiger partial charge >= 0.3 is 0 Å². The van der Waals surface area contributed by atoms with Gasteiger partial charge < -0.3 is 11.1 Å². The molecular formula is C16H15ClN2O2. The largest absolute Gasteiger partial charge is 0.366 e. The van der Waals surface area contributed by atoms with Crippen LogP contribution in [-0.4, -0.2) is 11.8 Å². The van der Waals surface area contributed by atoms with Crippen molar-refractivity contribution in [1.29, 1.82) is 0 Å². The van der Waals surface area contributed by atoms with Crippen LogP contribution >= 0.6 is 11.6 Å². The van der Waals surface area contributed by atoms with E-state index in [0.29, 0.717) is 17.1 Å². The van der Waals surface area contributed by atoms with Crippen LogP contribution in [0.2, 0.25) is 5.02 Å². The van der Waals surface area contributed by atoms with Crippen molar-refractivity contribution in [3.8, 4) is 0 Å². The van der Waals surface area contributed by atoms with Crippen LogP contribution in [-0.2, 0) is 17.8 Å². The molecule has 0 fully saturated rings. The number of carbonyl (C=O) groups excluding carboxylic acids is 2. The van der Waals surface area contributed by atoms with Gasteiger partial charge in [-0.1, -0.05) is 35.9 Å². The van der Waals surface area contributed by atoms with Gasteiger partial charge in [0.1, 0.15) is 0 Å². The van der Waals surface area contributed by atoms with Crippen LogP contribution in [0.1, 0.15) is 21.5 Å². The number of hydrogen-bond donors (Lipinski definition) is 2. The van der Waals surface area contributed by atoms with Gasteiger partial charge in [-0.15, -0.1) is 0 Å². The van der Waals surface area contributed by atoms with Crippen LogP contribution in [0.5, 0.6) is 0 Å². The normalized spacial score (nSPS) is 10.1. The predicted octanol–water partition coefficient (Wildman–Crippen LogP) is 2.30. The summed E-state index contributed by atoms with van der Waals surface area (Å²) in [6.45, 7) is 0.355. The Labute approximate surface area is 127 Å². The molecule has 0 saturated carbocycles. The maximum absolute atomic E-state index is 11.9. The Balaban J connectivity index is 1.90. The number of nitrogens with two attached hydrogens (primary N) is 1. The Bertz CT molecular complexity index is 654. The number of amides is 2. The van der Waals surface area contributed by atoms with E-state index < -0.39 is 5.91 Å². The van der Waals surface area contributed by atoms with Gasteiger partial charge in [-0.3, -0.25) is 9.59 Å². The molecule has 2 amide bonds. The van der Waals surface area contributed by atoms with Crippen molar-refractivity contribution in [1.82, 2.24) is 5.32 Å². The standard InChI is InChI=1S/C16H15ClN2O2/c17-14-6-4-11(5-7-14)9-15(20)19-10-12-2-1-3-13(8-12)16(18)21/h1-8H,9-10H2,(H2,18,21)(H,19,20). The van der Waals surface area contributed by atoms with Crippen molar-refractivity contribution < 1.29 is 9.59 Å². The highest BCUT2D eigenvalue weighted by Crippen LogP contribution is 2.10. The van der Waals surface area contributed by atoms with E-state index in [-0.39, 0.29) is 12.3 Å². The summed E-state index contributed by atoms with van der Waals surface area (Å²) in [5.41, 5.74) is 7.37. The summed E-state index contributed by atoms with van der Waals surface area (Å²) < 4.78 is 0. The zero-order chi connectivity index (χ0) is 15.2. The van der Waals surface area contributed by atoms with Gasteiger partial charge in [-0.05, 0) is 35.4 Å². The Morgan fingerprint density at radius 1 is 1.05 bits per heavy atom. The summed E-state index contributed by atoms with van der Waals surface area (Å²) in [6, 6.07) is 14.0. The van der Waals surface area contributed by atoms with Gasteiger partial charge in [0.15, 0.2) is 0 Å². The summed E-state index contributed by atoms with van der Waals surface area (Å²) in [5, 5.41) is 3.45. The second kappa shape index (κ2) is 6.90. The SMILES string of the molecule is NC(=O)c1cccc(CNC(=O)Cc2ccc(Cl)cc2)c1. The number of benzene rings is 2. The Morgan fingerprint density at radius 2 is 1.76 bits per heavy atom. The zero-order valence-corrected chi connectivity index (χ0v) is 12.1. The second-order valence-corrected chi connectivity index (χ2v) is 5.08. The highest BCUT2D eigenvalue weighted by atomic mass is 35.5. The van der Waals surface area contributed by atoms with Crippen LogP contribution in [0.15, 0.2) is 48.5 Å². The maximum atomic E-state index is 11.9. The predicted molar refractivity (Wildman–Crippen MR) is 82.0 cm³/mol. The average Bonchev–Trinajstić information content (AvgIpc) is 2.48. The first-order valence-electron chi connectivity index (χ1n) is 6.44. The topological polar surface area (TPSA) is 72.2 Å². The van der Waals surface area contributed by atoms with Gasteiger partial charge in [0.05, 0.1) is 6.42 Å². The minimum absolute atomic E-state index is 0.0956. The third-order valence-corrected chi connectivity index (χ3v) is 3.23. The molecule has 0 aliphatic carbocycles. The van der Waals surface area contributed by atoms with Crippen LogP contribution in [0.3, 0.4) is 0 Å². The highest BCUT2D eigenvalue weighted by Gasteiger charge is 2.05. The smallest absolute Gasteiger partial charge is 0.248 e. The van der Waals surface area contributed by atoms with Crippen molar-refractivity contribution in [2.75, 3.05) is 0 Å². The molecule has 0 saturated heterocycles. The molecule has 21 heavy (non-hydrogen) atoms. The first-order chi connectivity index (χ1) is 10.0. The molecule has 0 atom stereocenters. The molecule has 4 nitrogen and oxygen atoms in total. The molecule has 2 rings (SSSR count). The van der Waals surface area contributed by atoms with Crippen molar-refractivity contribution in [2.24, 2.45) is 5.73 Å². The molecular weight excluding hydrogens is 288 g/mol. The van der Waals surface area contributed by atoms with Crippen LogP contribution < -0.4 is 11.1 Å². The van der Waals surface area contributed by atoms with Gasteiger partial charge in [-0.2, -0.15) is 0 Å². The molecule has 5 heteroatoms. The minimum atomic E-state index is -0.482. The molecule has 0 aliphatic rings. The van der Waals surface area contributed by atoms with Crippen molar-refractivity contribution >= 4 is 23.4 Å². The monoisotopic (exact) mass is 302 g/mol. The number of hydrogen-bond acceptors (Lipinski definition) is 2. The van der Waals surface area contributed by atoms with E-state index in [1.54, 1.807) is 30.3 Å². The van der Waals surface area contributed by atoms with Crippen LogP contribution in [0, 0.1) is 0 Å².